The normalized spacial score (nSPS) is 19.6. The zero-order chi connectivity index (χ0) is 13.3. The van der Waals surface area contributed by atoms with Crippen LogP contribution < -0.4 is 0 Å². The molecule has 0 aromatic carbocycles. The molecule has 0 saturated carbocycles. The van der Waals surface area contributed by atoms with Crippen LogP contribution in [0.15, 0.2) is 20.1 Å². The summed E-state index contributed by atoms with van der Waals surface area (Å²) in [5.74, 6) is 0. The molecule has 0 spiro atoms. The third-order valence-electron chi connectivity index (χ3n) is 3.40. The van der Waals surface area contributed by atoms with Crippen LogP contribution in [0.3, 0.4) is 0 Å². The van der Waals surface area contributed by atoms with Gasteiger partial charge in [0.1, 0.15) is 4.21 Å². The summed E-state index contributed by atoms with van der Waals surface area (Å²) in [6.45, 7) is 1.91. The molecule has 18 heavy (non-hydrogen) atoms. The summed E-state index contributed by atoms with van der Waals surface area (Å²) >= 11 is 4.56. The molecule has 0 radical (unpaired) electrons. The molecule has 1 aromatic heterocycles. The number of thiophene rings is 1. The van der Waals surface area contributed by atoms with E-state index in [1.807, 2.05) is 0 Å². The largest absolute Gasteiger partial charge is 0.306 e. The van der Waals surface area contributed by atoms with E-state index >= 15 is 0 Å². The molecule has 0 amide bonds. The molecular weight excluding hydrogens is 336 g/mol. The van der Waals surface area contributed by atoms with Gasteiger partial charge < -0.3 is 4.90 Å². The number of hydrogen-bond donors (Lipinski definition) is 0. The second kappa shape index (κ2) is 5.58. The maximum absolute atomic E-state index is 12.5. The second-order valence-electron chi connectivity index (χ2n) is 4.61. The zero-order valence-electron chi connectivity index (χ0n) is 10.5. The summed E-state index contributed by atoms with van der Waals surface area (Å²) in [7, 11) is 0.405. The Morgan fingerprint density at radius 1 is 1.44 bits per heavy atom. The van der Waals surface area contributed by atoms with E-state index in [1.54, 1.807) is 18.5 Å². The van der Waals surface area contributed by atoms with Crippen LogP contribution in [0.5, 0.6) is 0 Å². The fourth-order valence-corrected chi connectivity index (χ4v) is 6.04. The van der Waals surface area contributed by atoms with Gasteiger partial charge in [-0.15, -0.1) is 11.3 Å². The minimum absolute atomic E-state index is 0.111. The first-order valence-corrected chi connectivity index (χ1v) is 8.94. The van der Waals surface area contributed by atoms with Crippen LogP contribution in [-0.2, 0) is 10.0 Å². The number of halogens is 1. The van der Waals surface area contributed by atoms with Gasteiger partial charge in [-0.1, -0.05) is 0 Å². The molecule has 1 aliphatic heterocycles. The molecule has 2 rings (SSSR count). The molecule has 0 bridgehead atoms. The fraction of sp³-hybridized carbons (Fsp3) is 0.636. The van der Waals surface area contributed by atoms with Gasteiger partial charge in [-0.25, -0.2) is 8.42 Å². The highest BCUT2D eigenvalue weighted by Crippen LogP contribution is 2.31. The van der Waals surface area contributed by atoms with Gasteiger partial charge in [0, 0.05) is 17.6 Å². The van der Waals surface area contributed by atoms with E-state index in [2.05, 4.69) is 27.9 Å². The van der Waals surface area contributed by atoms with E-state index in [-0.39, 0.29) is 6.04 Å². The summed E-state index contributed by atoms with van der Waals surface area (Å²) in [6.07, 6.45) is 1.80. The molecule has 4 nitrogen and oxygen atoms in total. The average Bonchev–Trinajstić information content (AvgIpc) is 2.76. The van der Waals surface area contributed by atoms with E-state index in [0.29, 0.717) is 8.68 Å². The first-order chi connectivity index (χ1) is 8.43. The zero-order valence-corrected chi connectivity index (χ0v) is 13.7. The van der Waals surface area contributed by atoms with Crippen molar-refractivity contribution in [3.8, 4) is 0 Å². The first kappa shape index (κ1) is 14.5. The van der Waals surface area contributed by atoms with Crippen LogP contribution in [0.25, 0.3) is 0 Å². The predicted molar refractivity (Wildman–Crippen MR) is 77.5 cm³/mol. The lowest BCUT2D eigenvalue weighted by Crippen LogP contribution is -2.44. The van der Waals surface area contributed by atoms with Gasteiger partial charge in [0.05, 0.1) is 0 Å². The number of likely N-dealkylation sites (tertiary alicyclic amines) is 1. The topological polar surface area (TPSA) is 40.6 Å². The number of nitrogens with zero attached hydrogens (tertiary/aromatic N) is 2. The molecule has 0 atom stereocenters. The smallest absolute Gasteiger partial charge is 0.253 e. The Hall–Kier alpha value is 0.0500. The average molecular weight is 353 g/mol. The number of sulfonamides is 1. The van der Waals surface area contributed by atoms with Crippen molar-refractivity contribution < 1.29 is 8.42 Å². The highest BCUT2D eigenvalue weighted by atomic mass is 79.9. The molecule has 102 valence electrons. The number of hydrogen-bond acceptors (Lipinski definition) is 4. The van der Waals surface area contributed by atoms with Gasteiger partial charge in [0.15, 0.2) is 0 Å². The molecule has 1 aromatic rings. The van der Waals surface area contributed by atoms with Gasteiger partial charge in [-0.2, -0.15) is 4.31 Å². The van der Waals surface area contributed by atoms with E-state index < -0.39 is 10.0 Å². The molecule has 0 N–H and O–H groups in total. The van der Waals surface area contributed by atoms with Gasteiger partial charge in [-0.3, -0.25) is 0 Å². The van der Waals surface area contributed by atoms with Crippen LogP contribution in [-0.4, -0.2) is 50.8 Å². The van der Waals surface area contributed by atoms with E-state index in [9.17, 15) is 8.42 Å². The van der Waals surface area contributed by atoms with Gasteiger partial charge in [0.2, 0.25) is 0 Å². The molecule has 7 heteroatoms. The third-order valence-corrected chi connectivity index (χ3v) is 7.96. The molecular formula is C11H17BrN2O2S2. The predicted octanol–water partition coefficient (Wildman–Crippen LogP) is 2.23. The van der Waals surface area contributed by atoms with Gasteiger partial charge in [0.25, 0.3) is 10.0 Å². The van der Waals surface area contributed by atoms with Gasteiger partial charge >= 0.3 is 0 Å². The summed E-state index contributed by atoms with van der Waals surface area (Å²) < 4.78 is 27.6. The van der Waals surface area contributed by atoms with Crippen LogP contribution in [0.2, 0.25) is 0 Å². The van der Waals surface area contributed by atoms with Crippen molar-refractivity contribution in [2.75, 3.05) is 27.2 Å². The van der Waals surface area contributed by atoms with Crippen molar-refractivity contribution in [2.24, 2.45) is 0 Å². The lowest BCUT2D eigenvalue weighted by molar-refractivity contribution is 0.198. The Labute approximate surface area is 121 Å². The summed E-state index contributed by atoms with van der Waals surface area (Å²) in [5, 5.41) is 1.79. The maximum Gasteiger partial charge on any atom is 0.253 e. The molecule has 1 fully saturated rings. The lowest BCUT2D eigenvalue weighted by Gasteiger charge is -2.34. The quantitative estimate of drug-likeness (QED) is 0.837. The molecule has 1 aliphatic rings. The SMILES string of the molecule is CN1CCC(N(C)S(=O)(=O)c2sccc2Br)CC1. The summed E-state index contributed by atoms with van der Waals surface area (Å²) in [6, 6.07) is 1.89. The van der Waals surface area contributed by atoms with E-state index in [4.69, 9.17) is 0 Å². The Balaban J connectivity index is 2.18. The Bertz CT molecular complexity index is 507. The van der Waals surface area contributed by atoms with Crippen molar-refractivity contribution in [1.82, 2.24) is 9.21 Å². The fourth-order valence-electron chi connectivity index (χ4n) is 2.15. The molecule has 0 unspecified atom stereocenters. The third kappa shape index (κ3) is 2.80. The lowest BCUT2D eigenvalue weighted by atomic mass is 10.1. The van der Waals surface area contributed by atoms with Crippen molar-refractivity contribution in [3.05, 3.63) is 15.9 Å². The minimum atomic E-state index is -3.36. The highest BCUT2D eigenvalue weighted by molar-refractivity contribution is 9.10. The van der Waals surface area contributed by atoms with Crippen molar-refractivity contribution in [3.63, 3.8) is 0 Å². The van der Waals surface area contributed by atoms with Crippen molar-refractivity contribution >= 4 is 37.3 Å². The van der Waals surface area contributed by atoms with Crippen molar-refractivity contribution in [1.29, 1.82) is 0 Å². The summed E-state index contributed by atoms with van der Waals surface area (Å²) in [5.41, 5.74) is 0. The minimum Gasteiger partial charge on any atom is -0.306 e. The number of rotatable bonds is 3. The molecule has 2 heterocycles. The van der Waals surface area contributed by atoms with E-state index in [0.717, 1.165) is 25.9 Å². The van der Waals surface area contributed by atoms with Crippen LogP contribution >= 0.6 is 27.3 Å². The molecule has 1 saturated heterocycles. The Morgan fingerprint density at radius 3 is 2.56 bits per heavy atom. The highest BCUT2D eigenvalue weighted by Gasteiger charge is 2.31. The Morgan fingerprint density at radius 2 is 2.06 bits per heavy atom. The first-order valence-electron chi connectivity index (χ1n) is 5.82. The van der Waals surface area contributed by atoms with Crippen molar-refractivity contribution in [2.45, 2.75) is 23.1 Å². The van der Waals surface area contributed by atoms with Crippen LogP contribution in [0.4, 0.5) is 0 Å². The van der Waals surface area contributed by atoms with Gasteiger partial charge in [-0.05, 0) is 60.4 Å². The summed E-state index contributed by atoms with van der Waals surface area (Å²) in [4.78, 5) is 2.23. The standard InChI is InChI=1S/C11H17BrN2O2S2/c1-13-6-3-9(4-7-13)14(2)18(15,16)11-10(12)5-8-17-11/h5,8-9H,3-4,6-7H2,1-2H3. The maximum atomic E-state index is 12.5. The second-order valence-corrected chi connectivity index (χ2v) is 8.57. The van der Waals surface area contributed by atoms with Crippen LogP contribution in [0.1, 0.15) is 12.8 Å². The Kier molecular flexibility index (Phi) is 4.48. The monoisotopic (exact) mass is 352 g/mol. The van der Waals surface area contributed by atoms with E-state index in [1.165, 1.54) is 15.6 Å². The number of piperidine rings is 1. The van der Waals surface area contributed by atoms with Crippen LogP contribution in [0, 0.1) is 0 Å². The molecule has 0 aliphatic carbocycles.